The van der Waals surface area contributed by atoms with Gasteiger partial charge in [0.25, 0.3) is 5.17 Å². The highest BCUT2D eigenvalue weighted by Crippen LogP contribution is 2.35. The minimum Gasteiger partial charge on any atom is -0.466 e. The van der Waals surface area contributed by atoms with Gasteiger partial charge in [0, 0.05) is 31.5 Å². The standard InChI is InChI=1S/C34H44N2OS/c1-33(2,3)27-16-12-25(13-17-27)31(26-14-18-28(19-15-26)34(4,5)6)30-22-29(23-36-30)37-32(38)35-21-20-24-10-8-7-9-11-24/h7-19,29-31,36H,20-23H2,1-6H3,(H,35,38)/t29-,30-/m1/s1. The summed E-state index contributed by atoms with van der Waals surface area (Å²) in [6, 6.07) is 29.1. The van der Waals surface area contributed by atoms with Crippen molar-refractivity contribution in [3.63, 3.8) is 0 Å². The Kier molecular flexibility index (Phi) is 8.95. The Morgan fingerprint density at radius 3 is 1.87 bits per heavy atom. The molecular formula is C34H44N2OS. The molecule has 202 valence electrons. The second kappa shape index (κ2) is 12.0. The van der Waals surface area contributed by atoms with E-state index in [9.17, 15) is 0 Å². The number of benzene rings is 3. The van der Waals surface area contributed by atoms with E-state index >= 15 is 0 Å². The molecule has 1 heterocycles. The summed E-state index contributed by atoms with van der Waals surface area (Å²) in [6.45, 7) is 15.2. The molecule has 0 spiro atoms. The van der Waals surface area contributed by atoms with Gasteiger partial charge in [-0.25, -0.2) is 0 Å². The molecule has 3 aromatic carbocycles. The summed E-state index contributed by atoms with van der Waals surface area (Å²) in [5.74, 6) is 0.242. The highest BCUT2D eigenvalue weighted by Gasteiger charge is 2.34. The molecule has 1 aliphatic rings. The van der Waals surface area contributed by atoms with E-state index in [1.807, 2.05) is 6.07 Å². The van der Waals surface area contributed by atoms with E-state index in [4.69, 9.17) is 17.0 Å². The fourth-order valence-corrected chi connectivity index (χ4v) is 5.50. The molecule has 1 aliphatic heterocycles. The van der Waals surface area contributed by atoms with Gasteiger partial charge in [0.2, 0.25) is 0 Å². The molecular weight excluding hydrogens is 484 g/mol. The molecule has 1 fully saturated rings. The van der Waals surface area contributed by atoms with Crippen LogP contribution in [0, 0.1) is 0 Å². The van der Waals surface area contributed by atoms with Gasteiger partial charge in [0.05, 0.1) is 0 Å². The second-order valence-corrected chi connectivity index (χ2v) is 13.0. The smallest absolute Gasteiger partial charge is 0.256 e. The Labute approximate surface area is 235 Å². The van der Waals surface area contributed by atoms with Crippen LogP contribution in [0.15, 0.2) is 78.9 Å². The summed E-state index contributed by atoms with van der Waals surface area (Å²) >= 11 is 5.53. The van der Waals surface area contributed by atoms with Crippen LogP contribution in [-0.4, -0.2) is 30.4 Å². The summed E-state index contributed by atoms with van der Waals surface area (Å²) in [4.78, 5) is 0. The fourth-order valence-electron chi connectivity index (χ4n) is 5.26. The van der Waals surface area contributed by atoms with Crippen LogP contribution in [0.4, 0.5) is 0 Å². The number of thiocarbonyl (C=S) groups is 1. The Morgan fingerprint density at radius 1 is 0.842 bits per heavy atom. The van der Waals surface area contributed by atoms with Crippen molar-refractivity contribution in [3.8, 4) is 0 Å². The zero-order chi connectivity index (χ0) is 27.3. The maximum Gasteiger partial charge on any atom is 0.256 e. The van der Waals surface area contributed by atoms with E-state index in [-0.39, 0.29) is 28.9 Å². The normalized spacial score (nSPS) is 18.0. The molecule has 2 N–H and O–H groups in total. The van der Waals surface area contributed by atoms with Crippen LogP contribution >= 0.6 is 12.2 Å². The number of rotatable bonds is 7. The molecule has 0 radical (unpaired) electrons. The number of nitrogens with one attached hydrogen (secondary N) is 2. The first-order valence-electron chi connectivity index (χ1n) is 13.9. The van der Waals surface area contributed by atoms with Crippen LogP contribution in [0.1, 0.15) is 81.7 Å². The van der Waals surface area contributed by atoms with Crippen LogP contribution in [0.3, 0.4) is 0 Å². The lowest BCUT2D eigenvalue weighted by atomic mass is 9.80. The van der Waals surface area contributed by atoms with Crippen LogP contribution in [0.2, 0.25) is 0 Å². The van der Waals surface area contributed by atoms with E-state index in [0.717, 1.165) is 25.9 Å². The summed E-state index contributed by atoms with van der Waals surface area (Å²) < 4.78 is 6.19. The van der Waals surface area contributed by atoms with Gasteiger partial charge in [0.1, 0.15) is 6.10 Å². The third kappa shape index (κ3) is 7.45. The number of hydrogen-bond acceptors (Lipinski definition) is 3. The zero-order valence-electron chi connectivity index (χ0n) is 23.9. The predicted octanol–water partition coefficient (Wildman–Crippen LogP) is 7.28. The molecule has 4 rings (SSSR count). The Morgan fingerprint density at radius 2 is 1.37 bits per heavy atom. The SMILES string of the molecule is CC(C)(C)c1ccc(C(c2ccc(C(C)(C)C)cc2)[C@H]2C[C@@H](OC(=S)NCCc3ccccc3)CN2)cc1. The van der Waals surface area contributed by atoms with Gasteiger partial charge < -0.3 is 15.4 Å². The van der Waals surface area contributed by atoms with Gasteiger partial charge in [0.15, 0.2) is 0 Å². The van der Waals surface area contributed by atoms with E-state index in [2.05, 4.69) is 125 Å². The van der Waals surface area contributed by atoms with Crippen molar-refractivity contribution in [1.29, 1.82) is 0 Å². The zero-order valence-corrected chi connectivity index (χ0v) is 24.7. The van der Waals surface area contributed by atoms with Crippen LogP contribution in [-0.2, 0) is 22.0 Å². The van der Waals surface area contributed by atoms with E-state index < -0.39 is 0 Å². The van der Waals surface area contributed by atoms with E-state index in [1.54, 1.807) is 0 Å². The lowest BCUT2D eigenvalue weighted by molar-refractivity contribution is 0.202. The monoisotopic (exact) mass is 528 g/mol. The first kappa shape index (κ1) is 28.3. The molecule has 1 saturated heterocycles. The molecule has 3 aromatic rings. The highest BCUT2D eigenvalue weighted by molar-refractivity contribution is 7.80. The lowest BCUT2D eigenvalue weighted by Gasteiger charge is -2.27. The van der Waals surface area contributed by atoms with Crippen molar-refractivity contribution in [2.45, 2.75) is 83.3 Å². The Hall–Kier alpha value is -2.69. The number of ether oxygens (including phenoxy) is 1. The van der Waals surface area contributed by atoms with Crippen molar-refractivity contribution < 1.29 is 4.74 Å². The van der Waals surface area contributed by atoms with Crippen LogP contribution in [0.5, 0.6) is 0 Å². The minimum absolute atomic E-state index is 0.0573. The van der Waals surface area contributed by atoms with Crippen molar-refractivity contribution in [2.75, 3.05) is 13.1 Å². The average Bonchev–Trinajstić information content (AvgIpc) is 3.32. The largest absolute Gasteiger partial charge is 0.466 e. The molecule has 0 amide bonds. The summed E-state index contributed by atoms with van der Waals surface area (Å²) in [5.41, 5.74) is 6.95. The van der Waals surface area contributed by atoms with Crippen molar-refractivity contribution in [3.05, 3.63) is 107 Å². The summed E-state index contributed by atoms with van der Waals surface area (Å²) in [7, 11) is 0. The molecule has 4 heteroatoms. The molecule has 0 bridgehead atoms. The van der Waals surface area contributed by atoms with Crippen LogP contribution < -0.4 is 10.6 Å². The average molecular weight is 529 g/mol. The summed E-state index contributed by atoms with van der Waals surface area (Å²) in [5, 5.41) is 7.55. The van der Waals surface area contributed by atoms with Gasteiger partial charge >= 0.3 is 0 Å². The number of hydrogen-bond donors (Lipinski definition) is 2. The molecule has 0 unspecified atom stereocenters. The van der Waals surface area contributed by atoms with Gasteiger partial charge in [-0.1, -0.05) is 120 Å². The quantitative estimate of drug-likeness (QED) is 0.316. The maximum absolute atomic E-state index is 6.19. The molecule has 3 nitrogen and oxygen atoms in total. The molecule has 0 aromatic heterocycles. The topological polar surface area (TPSA) is 33.3 Å². The summed E-state index contributed by atoms with van der Waals surface area (Å²) in [6.07, 6.45) is 1.89. The first-order chi connectivity index (χ1) is 18.0. The van der Waals surface area contributed by atoms with Gasteiger partial charge in [-0.15, -0.1) is 0 Å². The van der Waals surface area contributed by atoms with Gasteiger partial charge in [-0.3, -0.25) is 0 Å². The first-order valence-corrected chi connectivity index (χ1v) is 14.3. The Balaban J connectivity index is 1.45. The van der Waals surface area contributed by atoms with Crippen molar-refractivity contribution >= 4 is 17.4 Å². The second-order valence-electron chi connectivity index (χ2n) is 12.7. The third-order valence-electron chi connectivity index (χ3n) is 7.60. The lowest BCUT2D eigenvalue weighted by Crippen LogP contribution is -2.31. The fraction of sp³-hybridized carbons (Fsp3) is 0.441. The Bertz CT molecular complexity index is 1120. The predicted molar refractivity (Wildman–Crippen MR) is 164 cm³/mol. The molecule has 0 saturated carbocycles. The van der Waals surface area contributed by atoms with Crippen molar-refractivity contribution in [1.82, 2.24) is 10.6 Å². The maximum atomic E-state index is 6.19. The third-order valence-corrected chi connectivity index (χ3v) is 7.84. The molecule has 38 heavy (non-hydrogen) atoms. The van der Waals surface area contributed by atoms with Crippen LogP contribution in [0.25, 0.3) is 0 Å². The van der Waals surface area contributed by atoms with Crippen molar-refractivity contribution in [2.24, 2.45) is 0 Å². The molecule has 2 atom stereocenters. The van der Waals surface area contributed by atoms with E-state index in [0.29, 0.717) is 5.17 Å². The van der Waals surface area contributed by atoms with E-state index in [1.165, 1.54) is 27.8 Å². The highest BCUT2D eigenvalue weighted by atomic mass is 32.1. The van der Waals surface area contributed by atoms with Gasteiger partial charge in [-0.2, -0.15) is 0 Å². The molecule has 0 aliphatic carbocycles. The minimum atomic E-state index is 0.0573. The van der Waals surface area contributed by atoms with Gasteiger partial charge in [-0.05, 0) is 57.3 Å².